The highest BCUT2D eigenvalue weighted by Gasteiger charge is 2.42. The van der Waals surface area contributed by atoms with Gasteiger partial charge in [0.1, 0.15) is 0 Å². The van der Waals surface area contributed by atoms with E-state index in [9.17, 15) is 0 Å². The van der Waals surface area contributed by atoms with Gasteiger partial charge in [-0.3, -0.25) is 4.98 Å². The molecule has 2 atom stereocenters. The molecule has 0 saturated carbocycles. The lowest BCUT2D eigenvalue weighted by Crippen LogP contribution is -2.36. The van der Waals surface area contributed by atoms with Crippen LogP contribution in [0.15, 0.2) is 79.0 Å². The van der Waals surface area contributed by atoms with Crippen molar-refractivity contribution < 1.29 is 4.74 Å². The number of pyridine rings is 1. The Balaban J connectivity index is 1.44. The van der Waals surface area contributed by atoms with Gasteiger partial charge < -0.3 is 24.4 Å². The summed E-state index contributed by atoms with van der Waals surface area (Å²) in [5.74, 6) is 0. The second-order valence-corrected chi connectivity index (χ2v) is 10.4. The van der Waals surface area contributed by atoms with Crippen LogP contribution in [0.2, 0.25) is 0 Å². The van der Waals surface area contributed by atoms with E-state index in [-0.39, 0.29) is 12.1 Å². The molecule has 0 radical (unpaired) electrons. The summed E-state index contributed by atoms with van der Waals surface area (Å²) < 4.78 is 7.90. The third kappa shape index (κ3) is 4.36. The molecule has 38 heavy (non-hydrogen) atoms. The van der Waals surface area contributed by atoms with Gasteiger partial charge in [-0.25, -0.2) is 0 Å². The Bertz CT molecular complexity index is 1440. The number of anilines is 2. The molecule has 7 heteroatoms. The molecule has 2 fully saturated rings. The molecule has 1 N–H and O–H groups in total. The largest absolute Gasteiger partial charge is 0.378 e. The van der Waals surface area contributed by atoms with E-state index in [0.717, 1.165) is 37.7 Å². The molecule has 0 unspecified atom stereocenters. The Morgan fingerprint density at radius 2 is 1.61 bits per heavy atom. The summed E-state index contributed by atoms with van der Waals surface area (Å²) in [5.41, 5.74) is 9.38. The first-order valence-electron chi connectivity index (χ1n) is 13.2. The van der Waals surface area contributed by atoms with E-state index in [4.69, 9.17) is 21.9 Å². The van der Waals surface area contributed by atoms with E-state index in [1.165, 1.54) is 33.9 Å². The second kappa shape index (κ2) is 10.2. The van der Waals surface area contributed by atoms with Crippen molar-refractivity contribution in [1.29, 1.82) is 0 Å². The minimum Gasteiger partial charge on any atom is -0.378 e. The summed E-state index contributed by atoms with van der Waals surface area (Å²) in [6, 6.07) is 25.6. The molecule has 4 aromatic rings. The number of para-hydroxylation sites is 1. The van der Waals surface area contributed by atoms with E-state index in [0.29, 0.717) is 5.11 Å². The molecule has 2 saturated heterocycles. The zero-order valence-corrected chi connectivity index (χ0v) is 22.9. The second-order valence-electron chi connectivity index (χ2n) is 10.1. The Kier molecular flexibility index (Phi) is 6.64. The average molecular weight is 524 g/mol. The van der Waals surface area contributed by atoms with Crippen molar-refractivity contribution >= 4 is 28.7 Å². The fourth-order valence-electron chi connectivity index (χ4n) is 5.87. The maximum atomic E-state index is 5.99. The first-order valence-corrected chi connectivity index (χ1v) is 13.6. The number of nitrogens with one attached hydrogen (secondary N) is 1. The summed E-state index contributed by atoms with van der Waals surface area (Å²) in [6.45, 7) is 9.93. The Morgan fingerprint density at radius 1 is 0.895 bits per heavy atom. The molecule has 0 amide bonds. The summed E-state index contributed by atoms with van der Waals surface area (Å²) in [5, 5.41) is 4.32. The quantitative estimate of drug-likeness (QED) is 0.333. The lowest BCUT2D eigenvalue weighted by molar-refractivity contribution is 0.122. The summed E-state index contributed by atoms with van der Waals surface area (Å²) in [7, 11) is 0. The van der Waals surface area contributed by atoms with Crippen LogP contribution in [0, 0.1) is 20.8 Å². The van der Waals surface area contributed by atoms with Crippen LogP contribution < -0.4 is 15.1 Å². The van der Waals surface area contributed by atoms with Gasteiger partial charge in [-0.15, -0.1) is 0 Å². The molecule has 2 aliphatic rings. The maximum absolute atomic E-state index is 5.99. The highest BCUT2D eigenvalue weighted by Crippen LogP contribution is 2.44. The molecule has 2 aromatic heterocycles. The number of thiocarbonyl (C=S) groups is 1. The van der Waals surface area contributed by atoms with Crippen molar-refractivity contribution in [3.63, 3.8) is 0 Å². The minimum atomic E-state index is -0.0755. The molecule has 194 valence electrons. The molecular formula is C31H33N5OS. The molecule has 0 spiro atoms. The number of hydrogen-bond donors (Lipinski definition) is 1. The van der Waals surface area contributed by atoms with Gasteiger partial charge in [0.25, 0.3) is 0 Å². The van der Waals surface area contributed by atoms with Gasteiger partial charge in [0.15, 0.2) is 5.11 Å². The fraction of sp³-hybridized carbons (Fsp3) is 0.290. The van der Waals surface area contributed by atoms with Crippen LogP contribution in [-0.2, 0) is 4.74 Å². The van der Waals surface area contributed by atoms with Crippen molar-refractivity contribution in [1.82, 2.24) is 14.9 Å². The van der Waals surface area contributed by atoms with E-state index in [1.54, 1.807) is 0 Å². The SMILES string of the molecule is Cc1ccccc1-n1c(C)cc([C@H]2[C@@H](c3ccccn3)NC(=S)N2c2ccc(N3CCOCC3)cc2)c1C. The first kappa shape index (κ1) is 24.6. The molecular weight excluding hydrogens is 490 g/mol. The lowest BCUT2D eigenvalue weighted by Gasteiger charge is -2.31. The highest BCUT2D eigenvalue weighted by molar-refractivity contribution is 7.80. The van der Waals surface area contributed by atoms with Crippen LogP contribution in [0.4, 0.5) is 11.4 Å². The number of morpholine rings is 1. The molecule has 4 heterocycles. The molecule has 2 aliphatic heterocycles. The number of rotatable bonds is 5. The average Bonchev–Trinajstić information content (AvgIpc) is 3.45. The normalized spacial score (nSPS) is 19.6. The number of aromatic nitrogens is 2. The Labute approximate surface area is 229 Å². The summed E-state index contributed by atoms with van der Waals surface area (Å²) in [4.78, 5) is 9.37. The maximum Gasteiger partial charge on any atom is 0.174 e. The molecule has 6 rings (SSSR count). The van der Waals surface area contributed by atoms with Crippen LogP contribution in [0.1, 0.15) is 40.3 Å². The van der Waals surface area contributed by atoms with Gasteiger partial charge in [-0.2, -0.15) is 0 Å². The first-order chi connectivity index (χ1) is 18.5. The third-order valence-corrected chi connectivity index (χ3v) is 8.06. The van der Waals surface area contributed by atoms with E-state index in [1.807, 2.05) is 18.3 Å². The predicted octanol–water partition coefficient (Wildman–Crippen LogP) is 5.81. The van der Waals surface area contributed by atoms with Crippen LogP contribution in [0.5, 0.6) is 0 Å². The number of ether oxygens (including phenoxy) is 1. The number of hydrogen-bond acceptors (Lipinski definition) is 4. The number of benzene rings is 2. The molecule has 0 aliphatic carbocycles. The monoisotopic (exact) mass is 523 g/mol. The van der Waals surface area contributed by atoms with Gasteiger partial charge in [0, 0.05) is 47.7 Å². The van der Waals surface area contributed by atoms with Crippen molar-refractivity contribution in [2.24, 2.45) is 0 Å². The van der Waals surface area contributed by atoms with Crippen LogP contribution in [0.25, 0.3) is 5.69 Å². The van der Waals surface area contributed by atoms with Crippen LogP contribution >= 0.6 is 12.2 Å². The number of nitrogens with zero attached hydrogens (tertiary/aromatic N) is 4. The minimum absolute atomic E-state index is 0.0457. The summed E-state index contributed by atoms with van der Waals surface area (Å²) in [6.07, 6.45) is 1.85. The van der Waals surface area contributed by atoms with E-state index in [2.05, 4.69) is 101 Å². The third-order valence-electron chi connectivity index (χ3n) is 7.75. The van der Waals surface area contributed by atoms with E-state index >= 15 is 0 Å². The lowest BCUT2D eigenvalue weighted by atomic mass is 9.96. The van der Waals surface area contributed by atoms with E-state index < -0.39 is 0 Å². The molecule has 2 aromatic carbocycles. The molecule has 6 nitrogen and oxygen atoms in total. The standard InChI is InChI=1S/C31H33N5OS/c1-21-8-4-5-10-28(21)35-22(2)20-26(23(35)3)30-29(27-9-6-7-15-32-27)33-31(38)36(30)25-13-11-24(12-14-25)34-16-18-37-19-17-34/h4-15,20,29-30H,16-19H2,1-3H3,(H,33,38)/t29-,30+/m1/s1. The predicted molar refractivity (Wildman–Crippen MR) is 157 cm³/mol. The van der Waals surface area contributed by atoms with Crippen LogP contribution in [0.3, 0.4) is 0 Å². The molecule has 0 bridgehead atoms. The summed E-state index contributed by atoms with van der Waals surface area (Å²) >= 11 is 5.99. The van der Waals surface area contributed by atoms with Gasteiger partial charge in [0.2, 0.25) is 0 Å². The zero-order chi connectivity index (χ0) is 26.2. The van der Waals surface area contributed by atoms with Gasteiger partial charge in [0.05, 0.1) is 31.0 Å². The fourth-order valence-corrected chi connectivity index (χ4v) is 6.21. The van der Waals surface area contributed by atoms with Gasteiger partial charge in [-0.1, -0.05) is 24.3 Å². The number of aryl methyl sites for hydroxylation is 2. The zero-order valence-electron chi connectivity index (χ0n) is 22.1. The smallest absolute Gasteiger partial charge is 0.174 e. The van der Waals surface area contributed by atoms with Crippen LogP contribution in [-0.4, -0.2) is 41.0 Å². The van der Waals surface area contributed by atoms with Gasteiger partial charge >= 0.3 is 0 Å². The van der Waals surface area contributed by atoms with Crippen molar-refractivity contribution in [3.05, 3.63) is 107 Å². The topological polar surface area (TPSA) is 45.6 Å². The Morgan fingerprint density at radius 3 is 2.32 bits per heavy atom. The van der Waals surface area contributed by atoms with Crippen molar-refractivity contribution in [3.8, 4) is 5.69 Å². The van der Waals surface area contributed by atoms with Crippen molar-refractivity contribution in [2.45, 2.75) is 32.9 Å². The highest BCUT2D eigenvalue weighted by atomic mass is 32.1. The Hall–Kier alpha value is -3.68. The van der Waals surface area contributed by atoms with Crippen molar-refractivity contribution in [2.75, 3.05) is 36.1 Å². The van der Waals surface area contributed by atoms with Gasteiger partial charge in [-0.05, 0) is 92.6 Å².